The number of carboxylic acid groups (broad SMARTS) is 1. The molecule has 9 rings (SSSR count). The van der Waals surface area contributed by atoms with Gasteiger partial charge in [-0.1, -0.05) is 59.6 Å². The van der Waals surface area contributed by atoms with Crippen LogP contribution in [0.5, 0.6) is 0 Å². The maximum atomic E-state index is 13.3. The van der Waals surface area contributed by atoms with Gasteiger partial charge in [0.05, 0.1) is 16.0 Å². The van der Waals surface area contributed by atoms with E-state index in [4.69, 9.17) is 28.3 Å². The molecule has 3 aromatic carbocycles. The summed E-state index contributed by atoms with van der Waals surface area (Å²) in [4.78, 5) is 57.3. The molecule has 0 unspecified atom stereocenters. The van der Waals surface area contributed by atoms with Crippen molar-refractivity contribution in [3.8, 4) is 11.4 Å². The largest absolute Gasteiger partial charge is 0.481 e. The Kier molecular flexibility index (Phi) is 13.9. The van der Waals surface area contributed by atoms with E-state index in [0.29, 0.717) is 82.5 Å². The van der Waals surface area contributed by atoms with Crippen molar-refractivity contribution in [2.75, 3.05) is 17.2 Å². The Hall–Kier alpha value is -7.65. The minimum atomic E-state index is -0.722. The minimum Gasteiger partial charge on any atom is -0.481 e. The lowest BCUT2D eigenvalue weighted by Crippen LogP contribution is -2.25. The molecule has 8 N–H and O–H groups in total. The summed E-state index contributed by atoms with van der Waals surface area (Å²) in [5.41, 5.74) is 5.34. The molecule has 0 radical (unpaired) electrons. The Morgan fingerprint density at radius 3 is 1.67 bits per heavy atom. The lowest BCUT2D eigenvalue weighted by atomic mass is 9.82. The highest BCUT2D eigenvalue weighted by molar-refractivity contribution is 6.31. The Bertz CT molecular complexity index is 3000. The number of aliphatic carboxylic acids is 1. The molecular formula is C43H39Cl2F2N15O4. The number of nitrogens with one attached hydrogen (secondary N) is 7. The maximum Gasteiger partial charge on any atom is 0.306 e. The molecule has 0 aliphatic heterocycles. The number of anilines is 2. The summed E-state index contributed by atoms with van der Waals surface area (Å²) in [7, 11) is 0. The molecule has 1 aliphatic rings. The van der Waals surface area contributed by atoms with Crippen LogP contribution in [-0.4, -0.2) is 84.9 Å². The van der Waals surface area contributed by atoms with Crippen molar-refractivity contribution in [3.05, 3.63) is 129 Å². The van der Waals surface area contributed by atoms with Gasteiger partial charge in [0.1, 0.15) is 52.7 Å². The van der Waals surface area contributed by atoms with Crippen LogP contribution in [0.15, 0.2) is 79.6 Å². The number of benzene rings is 3. The summed E-state index contributed by atoms with van der Waals surface area (Å²) in [6, 6.07) is 16.3. The molecule has 1 saturated carbocycles. The average molecular weight is 939 g/mol. The van der Waals surface area contributed by atoms with Gasteiger partial charge in [0.15, 0.2) is 28.8 Å². The number of H-pyrrole nitrogens is 3. The highest BCUT2D eigenvalue weighted by Gasteiger charge is 2.26. The van der Waals surface area contributed by atoms with E-state index in [1.54, 1.807) is 12.1 Å². The molecule has 0 bridgehead atoms. The van der Waals surface area contributed by atoms with Crippen LogP contribution in [0.1, 0.15) is 63.4 Å². The molecular weight excluding hydrogens is 899 g/mol. The first-order valence-electron chi connectivity index (χ1n) is 20.5. The van der Waals surface area contributed by atoms with Crippen molar-refractivity contribution >= 4 is 74.7 Å². The molecule has 0 atom stereocenters. The number of carboxylic acids is 1. The van der Waals surface area contributed by atoms with E-state index in [1.165, 1.54) is 43.2 Å². The highest BCUT2D eigenvalue weighted by atomic mass is 35.5. The maximum absolute atomic E-state index is 13.3. The van der Waals surface area contributed by atoms with Crippen molar-refractivity contribution in [1.82, 2.24) is 66.1 Å². The fourth-order valence-corrected chi connectivity index (χ4v) is 7.67. The number of carbonyl (C=O) groups is 3. The molecule has 338 valence electrons. The van der Waals surface area contributed by atoms with E-state index < -0.39 is 29.4 Å². The fourth-order valence-electron chi connectivity index (χ4n) is 7.26. The molecule has 2 amide bonds. The monoisotopic (exact) mass is 937 g/mol. The molecule has 5 heterocycles. The Balaban J connectivity index is 0.000000180. The lowest BCUT2D eigenvalue weighted by molar-refractivity contribution is -0.143. The van der Waals surface area contributed by atoms with Crippen LogP contribution in [0.4, 0.5) is 20.4 Å². The summed E-state index contributed by atoms with van der Waals surface area (Å²) in [6.45, 7) is 1.45. The first-order valence-corrected chi connectivity index (χ1v) is 21.2. The number of carbonyl (C=O) groups excluding carboxylic acids is 2. The number of nitrogens with zero attached hydrogens (tertiary/aromatic N) is 8. The van der Waals surface area contributed by atoms with Crippen molar-refractivity contribution in [2.24, 2.45) is 11.8 Å². The number of halogens is 4. The molecule has 0 saturated heterocycles. The van der Waals surface area contributed by atoms with Crippen molar-refractivity contribution < 1.29 is 28.3 Å². The van der Waals surface area contributed by atoms with Gasteiger partial charge in [0.2, 0.25) is 0 Å². The van der Waals surface area contributed by atoms with Gasteiger partial charge in [-0.2, -0.15) is 15.3 Å². The number of aromatic nitrogens is 11. The average Bonchev–Trinajstić information content (AvgIpc) is 4.12. The zero-order valence-corrected chi connectivity index (χ0v) is 36.1. The van der Waals surface area contributed by atoms with E-state index in [9.17, 15) is 23.2 Å². The summed E-state index contributed by atoms with van der Waals surface area (Å²) in [6.07, 6.45) is 7.08. The predicted molar refractivity (Wildman–Crippen MR) is 239 cm³/mol. The molecule has 19 nitrogen and oxygen atoms in total. The Morgan fingerprint density at radius 2 is 1.17 bits per heavy atom. The Labute approximate surface area is 383 Å². The number of fused-ring (bicyclic) bond motifs is 2. The van der Waals surface area contributed by atoms with Crippen LogP contribution in [0.25, 0.3) is 33.5 Å². The molecule has 5 aromatic heterocycles. The van der Waals surface area contributed by atoms with Gasteiger partial charge in [0, 0.05) is 31.7 Å². The molecule has 23 heteroatoms. The van der Waals surface area contributed by atoms with Crippen LogP contribution >= 0.6 is 23.2 Å². The molecule has 1 aliphatic carbocycles. The third-order valence-corrected chi connectivity index (χ3v) is 11.4. The van der Waals surface area contributed by atoms with Crippen molar-refractivity contribution in [3.63, 3.8) is 0 Å². The lowest BCUT2D eigenvalue weighted by Gasteiger charge is -2.26. The van der Waals surface area contributed by atoms with Gasteiger partial charge in [-0.3, -0.25) is 29.7 Å². The number of aromatic amines is 3. The zero-order chi connectivity index (χ0) is 46.2. The minimum absolute atomic E-state index is 0.00641. The van der Waals surface area contributed by atoms with E-state index in [-0.39, 0.29) is 40.4 Å². The molecule has 1 fully saturated rings. The Morgan fingerprint density at radius 1 is 0.636 bits per heavy atom. The number of hydrogen-bond donors (Lipinski definition) is 8. The summed E-state index contributed by atoms with van der Waals surface area (Å²) in [5, 5.41) is 41.9. The van der Waals surface area contributed by atoms with Crippen LogP contribution in [-0.2, 0) is 24.4 Å². The van der Waals surface area contributed by atoms with E-state index >= 15 is 0 Å². The van der Waals surface area contributed by atoms with Gasteiger partial charge < -0.3 is 26.4 Å². The second-order valence-electron chi connectivity index (χ2n) is 15.2. The predicted octanol–water partition coefficient (Wildman–Crippen LogP) is 6.85. The van der Waals surface area contributed by atoms with E-state index in [0.717, 1.165) is 24.0 Å². The number of rotatable bonds is 14. The van der Waals surface area contributed by atoms with Gasteiger partial charge >= 0.3 is 5.97 Å². The normalized spacial score (nSPS) is 14.6. The van der Waals surface area contributed by atoms with Crippen LogP contribution in [0.3, 0.4) is 0 Å². The van der Waals surface area contributed by atoms with E-state index in [2.05, 4.69) is 76.8 Å². The zero-order valence-electron chi connectivity index (χ0n) is 34.6. The van der Waals surface area contributed by atoms with Gasteiger partial charge in [0.25, 0.3) is 11.8 Å². The third kappa shape index (κ3) is 10.6. The molecule has 8 aromatic rings. The van der Waals surface area contributed by atoms with Gasteiger partial charge in [-0.05, 0) is 72.6 Å². The van der Waals surface area contributed by atoms with Crippen LogP contribution in [0, 0.1) is 23.5 Å². The second-order valence-corrected chi connectivity index (χ2v) is 16.0. The van der Waals surface area contributed by atoms with Gasteiger partial charge in [-0.15, -0.1) is 0 Å². The first kappa shape index (κ1) is 44.9. The van der Waals surface area contributed by atoms with Gasteiger partial charge in [-0.25, -0.2) is 33.7 Å². The first-order chi connectivity index (χ1) is 32.0. The quantitative estimate of drug-likeness (QED) is 0.0554. The second kappa shape index (κ2) is 20.5. The van der Waals surface area contributed by atoms with E-state index in [1.807, 2.05) is 24.3 Å². The SMILES string of the molecule is O=C(NCc1ccc(F)c(Cl)c1)c1ncnc2c(NCC3CCC(C(=O)O)CC3)n[nH]c12.O=C(NCc1ccc(F)c(Cl)c1)c1ncnc2c(NCc3ccc(-c4ncn[nH]4)cc3)n[nH]c12. The smallest absolute Gasteiger partial charge is 0.306 e. The molecule has 0 spiro atoms. The van der Waals surface area contributed by atoms with Crippen LogP contribution in [0.2, 0.25) is 10.0 Å². The summed E-state index contributed by atoms with van der Waals surface area (Å²) >= 11 is 11.6. The topological polar surface area (TPSA) is 270 Å². The third-order valence-electron chi connectivity index (χ3n) is 10.9. The fraction of sp³-hybridized carbons (Fsp3) is 0.233. The number of amides is 2. The van der Waals surface area contributed by atoms with Crippen LogP contribution < -0.4 is 21.3 Å². The van der Waals surface area contributed by atoms with Crippen molar-refractivity contribution in [2.45, 2.75) is 45.3 Å². The van der Waals surface area contributed by atoms with Crippen molar-refractivity contribution in [1.29, 1.82) is 0 Å². The summed E-state index contributed by atoms with van der Waals surface area (Å²) in [5.74, 6) is -0.808. The molecule has 66 heavy (non-hydrogen) atoms. The highest BCUT2D eigenvalue weighted by Crippen LogP contribution is 2.30. The summed E-state index contributed by atoms with van der Waals surface area (Å²) < 4.78 is 26.6. The number of hydrogen-bond acceptors (Lipinski definition) is 13. The standard InChI is InChI=1S/C22H17ClFN9O.C21H22ClFN6O3/c23-15-7-13(3-6-16(15)24)9-26-22(34)19-17-18(27-10-28-19)21(33-31-17)25-8-12-1-4-14(5-2-12)20-29-11-30-32-20;22-14-7-12(3-6-15(14)23)9-25-20(30)18-16-17(26-10-27-18)19(29-28-16)24-8-11-1-4-13(5-2-11)21(31)32/h1-7,10-11H,8-9H2,(H,26,34)(H2,25,31,33)(H,29,30,32);3,6-7,10-11,13H,1-2,4-5,8-9H2,(H,25,30)(H,31,32)(H2,24,28,29).